The van der Waals surface area contributed by atoms with E-state index < -0.39 is 21.4 Å². The molecule has 2 atom stereocenters. The molecular formula is C24H31Cl2N3O4. The SMILES string of the molecule is CC(C)(C)OC(=O)c1cc2cc([C@H]3CCOC(C)(C)C3)ccc2n1C1(/C(N)=N/O)CC1(Cl)Cl. The summed E-state index contributed by atoms with van der Waals surface area (Å²) in [6.45, 7) is 10.3. The fourth-order valence-corrected chi connectivity index (χ4v) is 5.64. The Hall–Kier alpha value is -1.96. The normalized spacial score (nSPS) is 26.9. The second-order valence-electron chi connectivity index (χ2n) is 10.7. The maximum absolute atomic E-state index is 13.2. The number of amidine groups is 1. The summed E-state index contributed by atoms with van der Waals surface area (Å²) in [5.41, 5.74) is 6.06. The summed E-state index contributed by atoms with van der Waals surface area (Å²) >= 11 is 13.1. The minimum atomic E-state index is -1.34. The van der Waals surface area contributed by atoms with Gasteiger partial charge in [-0.2, -0.15) is 0 Å². The third-order valence-electron chi connectivity index (χ3n) is 6.47. The molecule has 2 aromatic rings. The van der Waals surface area contributed by atoms with Crippen molar-refractivity contribution in [2.45, 2.75) is 80.9 Å². The molecule has 1 aromatic carbocycles. The molecule has 4 rings (SSSR count). The van der Waals surface area contributed by atoms with Crippen molar-refractivity contribution in [1.82, 2.24) is 4.57 Å². The number of halogens is 2. The van der Waals surface area contributed by atoms with Gasteiger partial charge < -0.3 is 25.0 Å². The van der Waals surface area contributed by atoms with Gasteiger partial charge in [0, 0.05) is 23.9 Å². The summed E-state index contributed by atoms with van der Waals surface area (Å²) in [5, 5.41) is 13.5. The number of rotatable bonds is 4. The second-order valence-corrected chi connectivity index (χ2v) is 12.2. The molecular weight excluding hydrogens is 465 g/mol. The van der Waals surface area contributed by atoms with Gasteiger partial charge in [0.1, 0.15) is 16.8 Å². The van der Waals surface area contributed by atoms with Gasteiger partial charge in [0.05, 0.1) is 5.60 Å². The number of ether oxygens (including phenoxy) is 2. The molecule has 2 aliphatic rings. The van der Waals surface area contributed by atoms with Crippen LogP contribution in [0.3, 0.4) is 0 Å². The molecule has 9 heteroatoms. The van der Waals surface area contributed by atoms with Gasteiger partial charge in [0.25, 0.3) is 0 Å². The predicted octanol–water partition coefficient (Wildman–Crippen LogP) is 5.29. The van der Waals surface area contributed by atoms with Gasteiger partial charge in [0.15, 0.2) is 10.2 Å². The molecule has 1 aromatic heterocycles. The maximum Gasteiger partial charge on any atom is 0.355 e. The number of carbonyl (C=O) groups is 1. The fraction of sp³-hybridized carbons (Fsp3) is 0.583. The molecule has 0 bridgehead atoms. The first-order valence-electron chi connectivity index (χ1n) is 11.1. The molecule has 1 aliphatic carbocycles. The van der Waals surface area contributed by atoms with Crippen LogP contribution in [0.5, 0.6) is 0 Å². The summed E-state index contributed by atoms with van der Waals surface area (Å²) in [6.07, 6.45) is 2.02. The number of esters is 1. The van der Waals surface area contributed by atoms with Crippen LogP contribution in [0.2, 0.25) is 0 Å². The van der Waals surface area contributed by atoms with Crippen LogP contribution in [-0.2, 0) is 15.0 Å². The first-order chi connectivity index (χ1) is 15.2. The van der Waals surface area contributed by atoms with Gasteiger partial charge >= 0.3 is 5.97 Å². The van der Waals surface area contributed by atoms with Gasteiger partial charge in [-0.25, -0.2) is 4.79 Å². The van der Waals surface area contributed by atoms with Crippen molar-refractivity contribution in [2.24, 2.45) is 10.9 Å². The van der Waals surface area contributed by atoms with Gasteiger partial charge in [0.2, 0.25) is 0 Å². The Balaban J connectivity index is 1.88. The number of benzene rings is 1. The van der Waals surface area contributed by atoms with E-state index in [4.69, 9.17) is 38.4 Å². The van der Waals surface area contributed by atoms with Gasteiger partial charge in [-0.15, -0.1) is 0 Å². The number of aromatic nitrogens is 1. The van der Waals surface area contributed by atoms with E-state index >= 15 is 0 Å². The van der Waals surface area contributed by atoms with Crippen LogP contribution in [-0.4, -0.2) is 43.7 Å². The topological polar surface area (TPSA) is 99.1 Å². The molecule has 7 nitrogen and oxygen atoms in total. The highest BCUT2D eigenvalue weighted by Crippen LogP contribution is 2.63. The maximum atomic E-state index is 13.2. The molecule has 0 radical (unpaired) electrons. The minimum absolute atomic E-state index is 0.162. The minimum Gasteiger partial charge on any atom is -0.455 e. The highest BCUT2D eigenvalue weighted by atomic mass is 35.5. The van der Waals surface area contributed by atoms with E-state index in [-0.39, 0.29) is 23.6 Å². The zero-order valence-electron chi connectivity index (χ0n) is 19.6. The number of oxime groups is 1. The van der Waals surface area contributed by atoms with Gasteiger partial charge in [-0.05, 0) is 77.1 Å². The zero-order chi connectivity index (χ0) is 24.4. The molecule has 1 unspecified atom stereocenters. The summed E-state index contributed by atoms with van der Waals surface area (Å²) in [7, 11) is 0. The van der Waals surface area contributed by atoms with Crippen LogP contribution < -0.4 is 5.73 Å². The van der Waals surface area contributed by atoms with Crippen LogP contribution in [0.15, 0.2) is 29.4 Å². The first kappa shape index (κ1) is 24.2. The number of hydrogen-bond donors (Lipinski definition) is 2. The molecule has 180 valence electrons. The van der Waals surface area contributed by atoms with Crippen molar-refractivity contribution in [3.8, 4) is 0 Å². The fourth-order valence-electron chi connectivity index (χ4n) is 4.89. The van der Waals surface area contributed by atoms with Crippen LogP contribution >= 0.6 is 23.2 Å². The van der Waals surface area contributed by atoms with E-state index in [0.717, 1.165) is 18.2 Å². The van der Waals surface area contributed by atoms with Crippen molar-refractivity contribution >= 4 is 45.9 Å². The number of nitrogens with zero attached hydrogens (tertiary/aromatic N) is 2. The van der Waals surface area contributed by atoms with Crippen LogP contribution in [0.4, 0.5) is 0 Å². The third kappa shape index (κ3) is 4.19. The van der Waals surface area contributed by atoms with Crippen molar-refractivity contribution in [1.29, 1.82) is 0 Å². The summed E-state index contributed by atoms with van der Waals surface area (Å²) in [6, 6.07) is 7.84. The lowest BCUT2D eigenvalue weighted by Gasteiger charge is -2.35. The molecule has 33 heavy (non-hydrogen) atoms. The summed E-state index contributed by atoms with van der Waals surface area (Å²) < 4.78 is 11.9. The first-order valence-corrected chi connectivity index (χ1v) is 11.9. The number of nitrogens with two attached hydrogens (primary N) is 1. The van der Waals surface area contributed by atoms with Gasteiger partial charge in [-0.3, -0.25) is 0 Å². The van der Waals surface area contributed by atoms with E-state index in [1.165, 1.54) is 5.56 Å². The highest BCUT2D eigenvalue weighted by Gasteiger charge is 2.72. The van der Waals surface area contributed by atoms with Crippen molar-refractivity contribution < 1.29 is 19.5 Å². The number of fused-ring (bicyclic) bond motifs is 1. The largest absolute Gasteiger partial charge is 0.455 e. The van der Waals surface area contributed by atoms with E-state index in [2.05, 4.69) is 31.1 Å². The Labute approximate surface area is 203 Å². The molecule has 2 fully saturated rings. The van der Waals surface area contributed by atoms with Crippen molar-refractivity contribution in [2.75, 3.05) is 6.61 Å². The molecule has 0 spiro atoms. The van der Waals surface area contributed by atoms with E-state index in [1.54, 1.807) is 31.4 Å². The molecule has 1 aliphatic heterocycles. The Morgan fingerprint density at radius 1 is 1.30 bits per heavy atom. The second kappa shape index (κ2) is 7.79. The number of carbonyl (C=O) groups excluding carboxylic acids is 1. The van der Waals surface area contributed by atoms with Crippen LogP contribution in [0.1, 0.15) is 75.9 Å². The predicted molar refractivity (Wildman–Crippen MR) is 130 cm³/mol. The lowest BCUT2D eigenvalue weighted by molar-refractivity contribution is -0.0592. The molecule has 2 heterocycles. The average molecular weight is 496 g/mol. The quantitative estimate of drug-likeness (QED) is 0.150. The smallest absolute Gasteiger partial charge is 0.355 e. The molecule has 1 saturated carbocycles. The zero-order valence-corrected chi connectivity index (χ0v) is 21.1. The lowest BCUT2D eigenvalue weighted by Crippen LogP contribution is -2.41. The van der Waals surface area contributed by atoms with Gasteiger partial charge in [-0.1, -0.05) is 34.4 Å². The van der Waals surface area contributed by atoms with Crippen molar-refractivity contribution in [3.05, 3.63) is 35.5 Å². The van der Waals surface area contributed by atoms with Crippen molar-refractivity contribution in [3.63, 3.8) is 0 Å². The Bertz CT molecular complexity index is 1130. The number of hydrogen-bond acceptors (Lipinski definition) is 5. The number of alkyl halides is 2. The van der Waals surface area contributed by atoms with E-state index in [9.17, 15) is 10.0 Å². The highest BCUT2D eigenvalue weighted by molar-refractivity contribution is 6.54. The summed E-state index contributed by atoms with van der Waals surface area (Å²) in [4.78, 5) is 13.2. The van der Waals surface area contributed by atoms with Crippen LogP contribution in [0, 0.1) is 0 Å². The lowest BCUT2D eigenvalue weighted by atomic mass is 9.83. The van der Waals surface area contributed by atoms with E-state index in [0.29, 0.717) is 18.0 Å². The average Bonchev–Trinajstić information content (AvgIpc) is 3.09. The summed E-state index contributed by atoms with van der Waals surface area (Å²) in [5.74, 6) is -0.357. The third-order valence-corrected chi connectivity index (χ3v) is 7.37. The Morgan fingerprint density at radius 3 is 2.52 bits per heavy atom. The molecule has 0 amide bonds. The van der Waals surface area contributed by atoms with Crippen LogP contribution in [0.25, 0.3) is 10.9 Å². The molecule has 3 N–H and O–H groups in total. The standard InChI is InChI=1S/C24H31Cl2N3O4/c1-21(2,3)33-19(30)18-11-16-10-14(15-8-9-32-22(4,5)12-15)6-7-17(16)29(18)23(20(27)28-31)13-24(23,25)26/h6-7,10-11,15,31H,8-9,12-13H2,1-5H3,(H2,27,28)/t15-,23?/m0/s1. The van der Waals surface area contributed by atoms with E-state index in [1.807, 2.05) is 6.07 Å². The monoisotopic (exact) mass is 495 g/mol. The molecule has 1 saturated heterocycles. The Morgan fingerprint density at radius 2 is 1.97 bits per heavy atom. The Kier molecular flexibility index (Phi) is 5.70.